The summed E-state index contributed by atoms with van der Waals surface area (Å²) in [5.41, 5.74) is 2.68. The van der Waals surface area contributed by atoms with Crippen molar-refractivity contribution < 1.29 is 4.79 Å². The summed E-state index contributed by atoms with van der Waals surface area (Å²) in [5, 5.41) is 5.37. The van der Waals surface area contributed by atoms with Gasteiger partial charge in [0.25, 0.3) is 5.91 Å². The Morgan fingerprint density at radius 2 is 2.12 bits per heavy atom. The van der Waals surface area contributed by atoms with E-state index in [-0.39, 0.29) is 11.9 Å². The molecule has 2 aromatic rings. The SMILES string of the molecule is CCCCN(CC)C(=O)c1cc(C2CC2)nc2c1cnn2C(C)C. The van der Waals surface area contributed by atoms with Gasteiger partial charge in [-0.25, -0.2) is 9.67 Å². The van der Waals surface area contributed by atoms with Gasteiger partial charge in [0.1, 0.15) is 0 Å². The van der Waals surface area contributed by atoms with Crippen molar-refractivity contribution in [3.05, 3.63) is 23.5 Å². The lowest BCUT2D eigenvalue weighted by Crippen LogP contribution is -2.32. The van der Waals surface area contributed by atoms with Gasteiger partial charge in [-0.1, -0.05) is 13.3 Å². The zero-order valence-corrected chi connectivity index (χ0v) is 15.2. The molecule has 24 heavy (non-hydrogen) atoms. The number of nitrogens with zero attached hydrogens (tertiary/aromatic N) is 4. The van der Waals surface area contributed by atoms with Gasteiger partial charge in [-0.3, -0.25) is 4.79 Å². The number of amides is 1. The van der Waals surface area contributed by atoms with Crippen LogP contribution < -0.4 is 0 Å². The summed E-state index contributed by atoms with van der Waals surface area (Å²) >= 11 is 0. The van der Waals surface area contributed by atoms with Gasteiger partial charge >= 0.3 is 0 Å². The average molecular weight is 328 g/mol. The third-order valence-electron chi connectivity index (χ3n) is 4.75. The van der Waals surface area contributed by atoms with E-state index < -0.39 is 0 Å². The summed E-state index contributed by atoms with van der Waals surface area (Å²) in [5.74, 6) is 0.630. The summed E-state index contributed by atoms with van der Waals surface area (Å²) in [4.78, 5) is 19.9. The summed E-state index contributed by atoms with van der Waals surface area (Å²) in [7, 11) is 0. The van der Waals surface area contributed by atoms with Crippen LogP contribution in [0.15, 0.2) is 12.3 Å². The van der Waals surface area contributed by atoms with E-state index in [1.165, 1.54) is 12.8 Å². The number of aromatic nitrogens is 3. The molecule has 1 saturated carbocycles. The minimum Gasteiger partial charge on any atom is -0.339 e. The van der Waals surface area contributed by atoms with Crippen LogP contribution in [-0.4, -0.2) is 38.7 Å². The minimum absolute atomic E-state index is 0.114. The maximum absolute atomic E-state index is 13.1. The minimum atomic E-state index is 0.114. The molecule has 1 fully saturated rings. The lowest BCUT2D eigenvalue weighted by molar-refractivity contribution is 0.0764. The van der Waals surface area contributed by atoms with Crippen molar-refractivity contribution in [2.75, 3.05) is 13.1 Å². The molecule has 1 aliphatic rings. The molecule has 0 atom stereocenters. The van der Waals surface area contributed by atoms with E-state index in [2.05, 4.69) is 25.9 Å². The zero-order valence-electron chi connectivity index (χ0n) is 15.2. The van der Waals surface area contributed by atoms with Crippen LogP contribution in [0.1, 0.15) is 81.4 Å². The predicted octanol–water partition coefficient (Wildman–Crippen LogP) is 4.15. The fourth-order valence-electron chi connectivity index (χ4n) is 3.10. The number of unbranched alkanes of at least 4 members (excludes halogenated alkanes) is 1. The monoisotopic (exact) mass is 328 g/mol. The van der Waals surface area contributed by atoms with Crippen molar-refractivity contribution in [1.82, 2.24) is 19.7 Å². The fourth-order valence-corrected chi connectivity index (χ4v) is 3.10. The quantitative estimate of drug-likeness (QED) is 0.767. The van der Waals surface area contributed by atoms with E-state index in [1.807, 2.05) is 22.6 Å². The first-order valence-corrected chi connectivity index (χ1v) is 9.24. The fraction of sp³-hybridized carbons (Fsp3) is 0.632. The van der Waals surface area contributed by atoms with Crippen molar-refractivity contribution in [2.24, 2.45) is 0 Å². The molecule has 2 heterocycles. The van der Waals surface area contributed by atoms with Gasteiger partial charge < -0.3 is 4.90 Å². The molecule has 5 nitrogen and oxygen atoms in total. The largest absolute Gasteiger partial charge is 0.339 e. The molecule has 2 aromatic heterocycles. The number of fused-ring (bicyclic) bond motifs is 1. The number of carbonyl (C=O) groups is 1. The summed E-state index contributed by atoms with van der Waals surface area (Å²) in [6.45, 7) is 9.94. The van der Waals surface area contributed by atoms with E-state index >= 15 is 0 Å². The molecule has 0 spiro atoms. The second-order valence-corrected chi connectivity index (χ2v) is 7.03. The highest BCUT2D eigenvalue weighted by atomic mass is 16.2. The van der Waals surface area contributed by atoms with Gasteiger partial charge in [0.2, 0.25) is 0 Å². The number of carbonyl (C=O) groups excluding carboxylic acids is 1. The third kappa shape index (κ3) is 3.17. The summed E-state index contributed by atoms with van der Waals surface area (Å²) in [6, 6.07) is 2.25. The van der Waals surface area contributed by atoms with Gasteiger partial charge in [0.15, 0.2) is 5.65 Å². The maximum atomic E-state index is 13.1. The number of pyridine rings is 1. The van der Waals surface area contributed by atoms with Crippen LogP contribution in [0.5, 0.6) is 0 Å². The molecule has 0 radical (unpaired) electrons. The third-order valence-corrected chi connectivity index (χ3v) is 4.75. The van der Waals surface area contributed by atoms with Crippen LogP contribution in [0.25, 0.3) is 11.0 Å². The summed E-state index contributed by atoms with van der Waals surface area (Å²) < 4.78 is 1.93. The second-order valence-electron chi connectivity index (χ2n) is 7.03. The Kier molecular flexibility index (Phi) is 4.88. The molecule has 0 aromatic carbocycles. The molecule has 130 valence electrons. The Morgan fingerprint density at radius 3 is 2.71 bits per heavy atom. The lowest BCUT2D eigenvalue weighted by atomic mass is 10.1. The van der Waals surface area contributed by atoms with E-state index in [4.69, 9.17) is 4.98 Å². The Labute approximate surface area is 144 Å². The standard InChI is InChI=1S/C19H28N4O/c1-5-7-10-22(6-2)19(24)15-11-17(14-8-9-14)21-18-16(15)12-20-23(18)13(3)4/h11-14H,5-10H2,1-4H3. The van der Waals surface area contributed by atoms with E-state index in [9.17, 15) is 4.79 Å². The molecular formula is C19H28N4O. The van der Waals surface area contributed by atoms with Gasteiger partial charge in [-0.2, -0.15) is 5.10 Å². The number of hydrogen-bond donors (Lipinski definition) is 0. The molecule has 0 saturated heterocycles. The lowest BCUT2D eigenvalue weighted by Gasteiger charge is -2.21. The van der Waals surface area contributed by atoms with Crippen LogP contribution in [0.4, 0.5) is 0 Å². The predicted molar refractivity (Wildman–Crippen MR) is 96.4 cm³/mol. The molecular weight excluding hydrogens is 300 g/mol. The number of hydrogen-bond acceptors (Lipinski definition) is 3. The molecule has 0 unspecified atom stereocenters. The molecule has 1 amide bonds. The maximum Gasteiger partial charge on any atom is 0.254 e. The molecule has 0 bridgehead atoms. The highest BCUT2D eigenvalue weighted by Crippen LogP contribution is 2.40. The van der Waals surface area contributed by atoms with Crippen LogP contribution in [0.2, 0.25) is 0 Å². The van der Waals surface area contributed by atoms with E-state index in [0.29, 0.717) is 5.92 Å². The average Bonchev–Trinajstić information content (AvgIpc) is 3.33. The van der Waals surface area contributed by atoms with Crippen molar-refractivity contribution in [3.8, 4) is 0 Å². The first-order valence-electron chi connectivity index (χ1n) is 9.24. The smallest absolute Gasteiger partial charge is 0.254 e. The van der Waals surface area contributed by atoms with Crippen molar-refractivity contribution in [2.45, 2.75) is 65.3 Å². The Morgan fingerprint density at radius 1 is 1.38 bits per heavy atom. The van der Waals surface area contributed by atoms with Gasteiger partial charge in [0, 0.05) is 30.7 Å². The van der Waals surface area contributed by atoms with Crippen molar-refractivity contribution >= 4 is 16.9 Å². The molecule has 1 aliphatic carbocycles. The highest BCUT2D eigenvalue weighted by Gasteiger charge is 2.29. The second kappa shape index (κ2) is 6.91. The van der Waals surface area contributed by atoms with Crippen molar-refractivity contribution in [3.63, 3.8) is 0 Å². The Balaban J connectivity index is 2.06. The molecule has 0 N–H and O–H groups in total. The van der Waals surface area contributed by atoms with Crippen molar-refractivity contribution in [1.29, 1.82) is 0 Å². The van der Waals surface area contributed by atoms with Crippen LogP contribution in [0.3, 0.4) is 0 Å². The number of rotatable bonds is 7. The van der Waals surface area contributed by atoms with Gasteiger partial charge in [-0.15, -0.1) is 0 Å². The van der Waals surface area contributed by atoms with Gasteiger partial charge in [-0.05, 0) is 46.1 Å². The van der Waals surface area contributed by atoms with E-state index in [0.717, 1.165) is 48.2 Å². The Hall–Kier alpha value is -1.91. The molecule has 5 heteroatoms. The topological polar surface area (TPSA) is 51.0 Å². The highest BCUT2D eigenvalue weighted by molar-refractivity contribution is 6.05. The zero-order chi connectivity index (χ0) is 17.3. The van der Waals surface area contributed by atoms with Crippen LogP contribution in [0, 0.1) is 0 Å². The first-order chi connectivity index (χ1) is 11.6. The Bertz CT molecular complexity index is 730. The van der Waals surface area contributed by atoms with Gasteiger partial charge in [0.05, 0.1) is 17.1 Å². The normalized spacial score (nSPS) is 14.5. The first kappa shape index (κ1) is 16.9. The molecule has 0 aliphatic heterocycles. The van der Waals surface area contributed by atoms with Crippen LogP contribution >= 0.6 is 0 Å². The van der Waals surface area contributed by atoms with Crippen LogP contribution in [-0.2, 0) is 0 Å². The summed E-state index contributed by atoms with van der Waals surface area (Å²) in [6.07, 6.45) is 6.28. The van der Waals surface area contributed by atoms with E-state index in [1.54, 1.807) is 6.20 Å². The molecule has 3 rings (SSSR count).